The van der Waals surface area contributed by atoms with Gasteiger partial charge in [0.05, 0.1) is 16.8 Å². The summed E-state index contributed by atoms with van der Waals surface area (Å²) in [5, 5.41) is 7.76. The molecule has 25 heavy (non-hydrogen) atoms. The number of aryl methyl sites for hydroxylation is 2. The third-order valence-corrected chi connectivity index (χ3v) is 4.67. The summed E-state index contributed by atoms with van der Waals surface area (Å²) in [6, 6.07) is 3.90. The quantitative estimate of drug-likeness (QED) is 0.586. The summed E-state index contributed by atoms with van der Waals surface area (Å²) in [6.07, 6.45) is 2.84. The largest absolute Gasteiger partial charge is 0.475 e. The third kappa shape index (κ3) is 6.34. The number of thiazole rings is 1. The maximum atomic E-state index is 5.55. The summed E-state index contributed by atoms with van der Waals surface area (Å²) in [6.45, 7) is 9.59. The number of rotatable bonds is 7. The minimum atomic E-state index is 0.130. The first kappa shape index (κ1) is 19.2. The average molecular weight is 362 g/mol. The number of nitrogens with zero attached hydrogens (tertiary/aromatic N) is 3. The third-order valence-electron chi connectivity index (χ3n) is 3.54. The van der Waals surface area contributed by atoms with Crippen molar-refractivity contribution >= 4 is 17.3 Å². The van der Waals surface area contributed by atoms with Gasteiger partial charge in [-0.3, -0.25) is 4.99 Å². The van der Waals surface area contributed by atoms with E-state index in [4.69, 9.17) is 4.74 Å². The maximum absolute atomic E-state index is 5.55. The van der Waals surface area contributed by atoms with Crippen LogP contribution in [0.5, 0.6) is 5.88 Å². The molecular weight excluding hydrogens is 334 g/mol. The minimum absolute atomic E-state index is 0.130. The van der Waals surface area contributed by atoms with E-state index in [0.29, 0.717) is 12.4 Å². The first-order valence-electron chi connectivity index (χ1n) is 8.47. The van der Waals surface area contributed by atoms with E-state index in [-0.39, 0.29) is 6.10 Å². The molecule has 0 aliphatic heterocycles. The van der Waals surface area contributed by atoms with E-state index in [1.807, 2.05) is 32.2 Å². The van der Waals surface area contributed by atoms with Crippen molar-refractivity contribution in [3.63, 3.8) is 0 Å². The molecule has 0 saturated heterocycles. The molecule has 6 nitrogen and oxygen atoms in total. The van der Waals surface area contributed by atoms with Gasteiger partial charge in [-0.1, -0.05) is 6.07 Å². The summed E-state index contributed by atoms with van der Waals surface area (Å²) in [5.74, 6) is 1.42. The van der Waals surface area contributed by atoms with E-state index in [9.17, 15) is 0 Å². The molecule has 0 spiro atoms. The summed E-state index contributed by atoms with van der Waals surface area (Å²) >= 11 is 1.76. The molecule has 136 valence electrons. The molecule has 0 atom stereocenters. The molecule has 0 amide bonds. The van der Waals surface area contributed by atoms with Crippen LogP contribution in [0.1, 0.15) is 35.0 Å². The van der Waals surface area contributed by atoms with Crippen molar-refractivity contribution in [2.45, 2.75) is 46.8 Å². The SMILES string of the molecule is CN=C(NCCc1nc(C)c(C)s1)NCc1ccc(OC(C)C)nc1. The van der Waals surface area contributed by atoms with Gasteiger partial charge < -0.3 is 15.4 Å². The van der Waals surface area contributed by atoms with Crippen molar-refractivity contribution in [2.24, 2.45) is 4.99 Å². The molecule has 2 aromatic heterocycles. The Morgan fingerprint density at radius 3 is 2.64 bits per heavy atom. The van der Waals surface area contributed by atoms with Gasteiger partial charge in [0, 0.05) is 43.7 Å². The van der Waals surface area contributed by atoms with Crippen LogP contribution in [0.15, 0.2) is 23.3 Å². The highest BCUT2D eigenvalue weighted by molar-refractivity contribution is 7.11. The van der Waals surface area contributed by atoms with Crippen molar-refractivity contribution in [3.8, 4) is 5.88 Å². The fourth-order valence-corrected chi connectivity index (χ4v) is 3.10. The zero-order valence-corrected chi connectivity index (χ0v) is 16.4. The number of nitrogens with one attached hydrogen (secondary N) is 2. The fourth-order valence-electron chi connectivity index (χ4n) is 2.17. The van der Waals surface area contributed by atoms with Crippen LogP contribution in [-0.2, 0) is 13.0 Å². The summed E-state index contributed by atoms with van der Waals surface area (Å²) < 4.78 is 5.55. The van der Waals surface area contributed by atoms with E-state index in [1.165, 1.54) is 4.88 Å². The van der Waals surface area contributed by atoms with E-state index >= 15 is 0 Å². The van der Waals surface area contributed by atoms with Crippen LogP contribution in [-0.4, -0.2) is 35.6 Å². The van der Waals surface area contributed by atoms with Crippen molar-refractivity contribution in [1.82, 2.24) is 20.6 Å². The molecule has 7 heteroatoms. The van der Waals surface area contributed by atoms with Gasteiger partial charge in [-0.25, -0.2) is 9.97 Å². The van der Waals surface area contributed by atoms with E-state index < -0.39 is 0 Å². The van der Waals surface area contributed by atoms with Gasteiger partial charge in [-0.05, 0) is 33.3 Å². The van der Waals surface area contributed by atoms with Crippen molar-refractivity contribution in [1.29, 1.82) is 0 Å². The van der Waals surface area contributed by atoms with Crippen LogP contribution >= 0.6 is 11.3 Å². The summed E-state index contributed by atoms with van der Waals surface area (Å²) in [4.78, 5) is 14.4. The first-order chi connectivity index (χ1) is 12.0. The number of pyridine rings is 1. The highest BCUT2D eigenvalue weighted by Crippen LogP contribution is 2.16. The second-order valence-electron chi connectivity index (χ2n) is 6.02. The van der Waals surface area contributed by atoms with Gasteiger partial charge in [0.1, 0.15) is 0 Å². The highest BCUT2D eigenvalue weighted by atomic mass is 32.1. The molecular formula is C18H27N5OS. The lowest BCUT2D eigenvalue weighted by molar-refractivity contribution is 0.232. The van der Waals surface area contributed by atoms with Crippen LogP contribution in [0.3, 0.4) is 0 Å². The Kier molecular flexibility index (Phi) is 7.18. The van der Waals surface area contributed by atoms with Crippen LogP contribution in [0, 0.1) is 13.8 Å². The molecule has 0 unspecified atom stereocenters. The standard InChI is InChI=1S/C18H27N5OS/c1-12(2)24-16-7-6-15(10-21-16)11-22-18(19-5)20-9-8-17-23-13(3)14(4)25-17/h6-7,10,12H,8-9,11H2,1-5H3,(H2,19,20,22). The molecule has 2 N–H and O–H groups in total. The first-order valence-corrected chi connectivity index (χ1v) is 9.28. The van der Waals surface area contributed by atoms with Crippen LogP contribution in [0.4, 0.5) is 0 Å². The van der Waals surface area contributed by atoms with Crippen molar-refractivity contribution in [2.75, 3.05) is 13.6 Å². The molecule has 0 fully saturated rings. The molecule has 2 heterocycles. The van der Waals surface area contributed by atoms with Crippen molar-refractivity contribution < 1.29 is 4.74 Å². The molecule has 0 saturated carbocycles. The average Bonchev–Trinajstić information content (AvgIpc) is 2.89. The normalized spacial score (nSPS) is 11.7. The number of aliphatic imine (C=N–C) groups is 1. The van der Waals surface area contributed by atoms with Crippen LogP contribution in [0.25, 0.3) is 0 Å². The summed E-state index contributed by atoms with van der Waals surface area (Å²) in [7, 11) is 1.77. The molecule has 0 aliphatic rings. The van der Waals surface area contributed by atoms with E-state index in [0.717, 1.165) is 35.2 Å². The fraction of sp³-hybridized carbons (Fsp3) is 0.500. The Bertz CT molecular complexity index is 674. The van der Waals surface area contributed by atoms with Gasteiger partial charge in [0.25, 0.3) is 0 Å². The molecule has 0 bridgehead atoms. The summed E-state index contributed by atoms with van der Waals surface area (Å²) in [5.41, 5.74) is 2.20. The van der Waals surface area contributed by atoms with Gasteiger partial charge in [-0.15, -0.1) is 11.3 Å². The number of hydrogen-bond acceptors (Lipinski definition) is 5. The monoisotopic (exact) mass is 361 g/mol. The second-order valence-corrected chi connectivity index (χ2v) is 7.31. The van der Waals surface area contributed by atoms with Gasteiger partial charge >= 0.3 is 0 Å². The molecule has 0 aliphatic carbocycles. The topological polar surface area (TPSA) is 71.4 Å². The van der Waals surface area contributed by atoms with E-state index in [2.05, 4.69) is 39.4 Å². The Morgan fingerprint density at radius 1 is 1.28 bits per heavy atom. The molecule has 0 radical (unpaired) electrons. The van der Waals surface area contributed by atoms with Crippen LogP contribution < -0.4 is 15.4 Å². The Labute approximate surface area is 153 Å². The zero-order chi connectivity index (χ0) is 18.2. The Balaban J connectivity index is 1.76. The van der Waals surface area contributed by atoms with Gasteiger partial charge in [0.15, 0.2) is 5.96 Å². The lowest BCUT2D eigenvalue weighted by atomic mass is 10.3. The number of aromatic nitrogens is 2. The lowest BCUT2D eigenvalue weighted by Gasteiger charge is -2.12. The highest BCUT2D eigenvalue weighted by Gasteiger charge is 2.05. The Morgan fingerprint density at radius 2 is 2.08 bits per heavy atom. The van der Waals surface area contributed by atoms with Crippen molar-refractivity contribution in [3.05, 3.63) is 39.5 Å². The van der Waals surface area contributed by atoms with Gasteiger partial charge in [-0.2, -0.15) is 0 Å². The van der Waals surface area contributed by atoms with E-state index in [1.54, 1.807) is 18.4 Å². The smallest absolute Gasteiger partial charge is 0.213 e. The molecule has 2 rings (SSSR count). The maximum Gasteiger partial charge on any atom is 0.213 e. The predicted octanol–water partition coefficient (Wildman–Crippen LogP) is 2.85. The Hall–Kier alpha value is -2.15. The number of guanidine groups is 1. The zero-order valence-electron chi connectivity index (χ0n) is 15.6. The molecule has 0 aromatic carbocycles. The molecule has 2 aromatic rings. The van der Waals surface area contributed by atoms with Gasteiger partial charge in [0.2, 0.25) is 5.88 Å². The lowest BCUT2D eigenvalue weighted by Crippen LogP contribution is -2.37. The van der Waals surface area contributed by atoms with Crippen LogP contribution in [0.2, 0.25) is 0 Å². The predicted molar refractivity (Wildman–Crippen MR) is 103 cm³/mol. The number of ether oxygens (including phenoxy) is 1. The minimum Gasteiger partial charge on any atom is -0.475 e. The number of hydrogen-bond donors (Lipinski definition) is 2. The second kappa shape index (κ2) is 9.36.